The van der Waals surface area contributed by atoms with E-state index in [0.717, 1.165) is 39.2 Å². The minimum absolute atomic E-state index is 0.562. The van der Waals surface area contributed by atoms with Crippen LogP contribution in [0.2, 0.25) is 0 Å². The highest BCUT2D eigenvalue weighted by Crippen LogP contribution is 1.98. The van der Waals surface area contributed by atoms with Crippen LogP contribution in [0.15, 0.2) is 4.99 Å². The van der Waals surface area contributed by atoms with Gasteiger partial charge in [-0.3, -0.25) is 4.99 Å². The average Bonchev–Trinajstić information content (AvgIpc) is 2.36. The van der Waals surface area contributed by atoms with Crippen LogP contribution in [0.5, 0.6) is 0 Å². The molecule has 0 aliphatic rings. The topological polar surface area (TPSA) is 62.9 Å². The van der Waals surface area contributed by atoms with Gasteiger partial charge in [0, 0.05) is 33.3 Å². The van der Waals surface area contributed by atoms with Gasteiger partial charge in [0.05, 0.1) is 6.61 Å². The summed E-state index contributed by atoms with van der Waals surface area (Å²) in [5.41, 5.74) is 5.77. The molecule has 0 aliphatic carbocycles. The molecule has 5 nitrogen and oxygen atoms in total. The Kier molecular flexibility index (Phi) is 12.1. The van der Waals surface area contributed by atoms with E-state index in [9.17, 15) is 0 Å². The summed E-state index contributed by atoms with van der Waals surface area (Å²) in [6.07, 6.45) is 4.91. The zero-order chi connectivity index (χ0) is 13.6. The maximum Gasteiger partial charge on any atom is 0.188 e. The van der Waals surface area contributed by atoms with Crippen molar-refractivity contribution in [3.8, 4) is 0 Å². The third-order valence-electron chi connectivity index (χ3n) is 2.77. The molecule has 18 heavy (non-hydrogen) atoms. The highest BCUT2D eigenvalue weighted by Gasteiger charge is 1.97. The molecule has 5 heteroatoms. The summed E-state index contributed by atoms with van der Waals surface area (Å²) in [6.45, 7) is 6.50. The lowest BCUT2D eigenvalue weighted by atomic mass is 10.2. The van der Waals surface area contributed by atoms with Gasteiger partial charge in [-0.1, -0.05) is 26.2 Å². The number of ether oxygens (including phenoxy) is 1. The van der Waals surface area contributed by atoms with Crippen molar-refractivity contribution >= 4 is 5.96 Å². The van der Waals surface area contributed by atoms with Gasteiger partial charge in [-0.2, -0.15) is 0 Å². The van der Waals surface area contributed by atoms with Crippen LogP contribution in [-0.4, -0.2) is 57.8 Å². The second-order valence-electron chi connectivity index (χ2n) is 4.55. The molecule has 0 unspecified atom stereocenters. The number of rotatable bonds is 11. The molecule has 0 aromatic rings. The Labute approximate surface area is 112 Å². The number of nitrogens with two attached hydrogens (primary N) is 1. The summed E-state index contributed by atoms with van der Waals surface area (Å²) < 4.78 is 5.01. The van der Waals surface area contributed by atoms with Crippen LogP contribution < -0.4 is 11.1 Å². The molecule has 0 spiro atoms. The summed E-state index contributed by atoms with van der Waals surface area (Å²) >= 11 is 0. The number of methoxy groups -OCH3 is 1. The van der Waals surface area contributed by atoms with Crippen LogP contribution in [0.1, 0.15) is 32.6 Å². The second-order valence-corrected chi connectivity index (χ2v) is 4.55. The molecule has 0 rings (SSSR count). The minimum Gasteiger partial charge on any atom is -0.383 e. The van der Waals surface area contributed by atoms with Crippen LogP contribution in [0.3, 0.4) is 0 Å². The SMILES string of the molecule is CCCCCCN=C(N)NCCN(C)CCOC. The molecule has 108 valence electrons. The van der Waals surface area contributed by atoms with Crippen molar-refractivity contribution in [3.63, 3.8) is 0 Å². The third kappa shape index (κ3) is 11.7. The fourth-order valence-corrected chi connectivity index (χ4v) is 1.53. The first-order valence-corrected chi connectivity index (χ1v) is 6.92. The lowest BCUT2D eigenvalue weighted by molar-refractivity contribution is 0.162. The van der Waals surface area contributed by atoms with Gasteiger partial charge in [-0.25, -0.2) is 0 Å². The van der Waals surface area contributed by atoms with E-state index in [1.54, 1.807) is 7.11 Å². The molecule has 0 aromatic carbocycles. The number of aliphatic imine (C=N–C) groups is 1. The van der Waals surface area contributed by atoms with Crippen molar-refractivity contribution in [1.29, 1.82) is 0 Å². The molecular weight excluding hydrogens is 228 g/mol. The van der Waals surface area contributed by atoms with Crippen molar-refractivity contribution in [2.24, 2.45) is 10.7 Å². The van der Waals surface area contributed by atoms with E-state index in [4.69, 9.17) is 10.5 Å². The number of hydrogen-bond donors (Lipinski definition) is 2. The van der Waals surface area contributed by atoms with Gasteiger partial charge < -0.3 is 20.7 Å². The van der Waals surface area contributed by atoms with E-state index in [0.29, 0.717) is 5.96 Å². The summed E-state index contributed by atoms with van der Waals surface area (Å²) in [5.74, 6) is 0.562. The van der Waals surface area contributed by atoms with Gasteiger partial charge in [0.15, 0.2) is 5.96 Å². The first-order valence-electron chi connectivity index (χ1n) is 6.92. The van der Waals surface area contributed by atoms with Gasteiger partial charge >= 0.3 is 0 Å². The summed E-state index contributed by atoms with van der Waals surface area (Å²) in [6, 6.07) is 0. The molecule has 0 fully saturated rings. The lowest BCUT2D eigenvalue weighted by Gasteiger charge is -2.16. The van der Waals surface area contributed by atoms with Crippen LogP contribution >= 0.6 is 0 Å². The Morgan fingerprint density at radius 2 is 2.06 bits per heavy atom. The van der Waals surface area contributed by atoms with Crippen molar-refractivity contribution in [2.45, 2.75) is 32.6 Å². The molecular formula is C13H30N4O. The van der Waals surface area contributed by atoms with Crippen LogP contribution in [-0.2, 0) is 4.74 Å². The molecule has 0 saturated heterocycles. The Morgan fingerprint density at radius 1 is 1.28 bits per heavy atom. The monoisotopic (exact) mass is 258 g/mol. The van der Waals surface area contributed by atoms with Crippen molar-refractivity contribution < 1.29 is 4.74 Å². The molecule has 0 atom stereocenters. The van der Waals surface area contributed by atoms with Crippen LogP contribution in [0.25, 0.3) is 0 Å². The molecule has 0 bridgehead atoms. The normalized spacial score (nSPS) is 12.1. The fraction of sp³-hybridized carbons (Fsp3) is 0.923. The number of likely N-dealkylation sites (N-methyl/N-ethyl adjacent to an activating group) is 1. The standard InChI is InChI=1S/C13H30N4O/c1-4-5-6-7-8-15-13(14)16-9-10-17(2)11-12-18-3/h4-12H2,1-3H3,(H3,14,15,16). The van der Waals surface area contributed by atoms with Gasteiger partial charge in [-0.15, -0.1) is 0 Å². The Bertz CT molecular complexity index is 209. The first-order chi connectivity index (χ1) is 8.70. The molecule has 0 aromatic heterocycles. The second kappa shape index (κ2) is 12.6. The van der Waals surface area contributed by atoms with Crippen molar-refractivity contribution in [3.05, 3.63) is 0 Å². The van der Waals surface area contributed by atoms with E-state index in [1.165, 1.54) is 19.3 Å². The third-order valence-corrected chi connectivity index (χ3v) is 2.77. The van der Waals surface area contributed by atoms with E-state index < -0.39 is 0 Å². The Balaban J connectivity index is 3.44. The fourth-order valence-electron chi connectivity index (χ4n) is 1.53. The quantitative estimate of drug-likeness (QED) is 0.330. The zero-order valence-corrected chi connectivity index (χ0v) is 12.2. The van der Waals surface area contributed by atoms with Gasteiger partial charge in [-0.05, 0) is 13.5 Å². The van der Waals surface area contributed by atoms with Crippen molar-refractivity contribution in [1.82, 2.24) is 10.2 Å². The molecule has 0 saturated carbocycles. The van der Waals surface area contributed by atoms with E-state index in [1.807, 2.05) is 0 Å². The van der Waals surface area contributed by atoms with Crippen LogP contribution in [0, 0.1) is 0 Å². The highest BCUT2D eigenvalue weighted by molar-refractivity contribution is 5.77. The minimum atomic E-state index is 0.562. The van der Waals surface area contributed by atoms with E-state index >= 15 is 0 Å². The molecule has 0 aliphatic heterocycles. The first kappa shape index (κ1) is 17.2. The molecule has 0 radical (unpaired) electrons. The van der Waals surface area contributed by atoms with Gasteiger partial charge in [0.25, 0.3) is 0 Å². The maximum atomic E-state index is 5.77. The number of nitrogens with zero attached hydrogens (tertiary/aromatic N) is 2. The predicted octanol–water partition coefficient (Wildman–Crippen LogP) is 1.05. The smallest absolute Gasteiger partial charge is 0.188 e. The number of hydrogen-bond acceptors (Lipinski definition) is 3. The largest absolute Gasteiger partial charge is 0.383 e. The number of unbranched alkanes of at least 4 members (excludes halogenated alkanes) is 3. The molecule has 0 heterocycles. The molecule has 3 N–H and O–H groups in total. The number of guanidine groups is 1. The summed E-state index contributed by atoms with van der Waals surface area (Å²) in [5, 5.41) is 3.13. The Hall–Kier alpha value is -0.810. The van der Waals surface area contributed by atoms with Crippen LogP contribution in [0.4, 0.5) is 0 Å². The number of nitrogens with one attached hydrogen (secondary N) is 1. The highest BCUT2D eigenvalue weighted by atomic mass is 16.5. The van der Waals surface area contributed by atoms with E-state index in [2.05, 4.69) is 29.2 Å². The maximum absolute atomic E-state index is 5.77. The van der Waals surface area contributed by atoms with Gasteiger partial charge in [0.2, 0.25) is 0 Å². The summed E-state index contributed by atoms with van der Waals surface area (Å²) in [4.78, 5) is 6.49. The molecule has 0 amide bonds. The predicted molar refractivity (Wildman–Crippen MR) is 78.0 cm³/mol. The van der Waals surface area contributed by atoms with Crippen molar-refractivity contribution in [2.75, 3.05) is 46.9 Å². The van der Waals surface area contributed by atoms with Gasteiger partial charge in [0.1, 0.15) is 0 Å². The Morgan fingerprint density at radius 3 is 2.72 bits per heavy atom. The summed E-state index contributed by atoms with van der Waals surface area (Å²) in [7, 11) is 3.79. The zero-order valence-electron chi connectivity index (χ0n) is 12.2. The average molecular weight is 258 g/mol. The lowest BCUT2D eigenvalue weighted by Crippen LogP contribution is -2.38. The van der Waals surface area contributed by atoms with E-state index in [-0.39, 0.29) is 0 Å².